The molecular weight excluding hydrogens is 415 g/mol. The molecule has 0 atom stereocenters. The molecule has 160 valence electrons. The molecule has 1 aliphatic heterocycles. The van der Waals surface area contributed by atoms with Crippen LogP contribution in [0.5, 0.6) is 17.2 Å². The van der Waals surface area contributed by atoms with E-state index in [9.17, 15) is 4.39 Å². The Labute approximate surface area is 186 Å². The van der Waals surface area contributed by atoms with E-state index < -0.39 is 0 Å². The van der Waals surface area contributed by atoms with Crippen LogP contribution in [0.3, 0.4) is 0 Å². The third-order valence-electron chi connectivity index (χ3n) is 4.81. The van der Waals surface area contributed by atoms with Crippen molar-refractivity contribution in [2.45, 2.75) is 20.0 Å². The van der Waals surface area contributed by atoms with Crippen molar-refractivity contribution in [3.8, 4) is 17.2 Å². The summed E-state index contributed by atoms with van der Waals surface area (Å²) in [7, 11) is 0. The number of halogens is 1. The molecule has 0 amide bonds. The number of hydrogen-bond acceptors (Lipinski definition) is 4. The molecule has 31 heavy (non-hydrogen) atoms. The SMILES string of the molecule is CCOc1ccccc1NC(=S)N(Cc1ccc(F)cc1)Cc1ccc2c(c1)OCO2. The summed E-state index contributed by atoms with van der Waals surface area (Å²) in [5, 5.41) is 3.84. The minimum absolute atomic E-state index is 0.228. The van der Waals surface area contributed by atoms with E-state index in [2.05, 4.69) is 5.32 Å². The molecule has 1 aliphatic rings. The quantitative estimate of drug-likeness (QED) is 0.502. The van der Waals surface area contributed by atoms with E-state index in [4.69, 9.17) is 26.4 Å². The maximum absolute atomic E-state index is 13.4. The maximum atomic E-state index is 13.4. The number of hydrogen-bond donors (Lipinski definition) is 1. The van der Waals surface area contributed by atoms with Crippen molar-refractivity contribution in [1.29, 1.82) is 0 Å². The maximum Gasteiger partial charge on any atom is 0.231 e. The van der Waals surface area contributed by atoms with Crippen LogP contribution in [0.4, 0.5) is 10.1 Å². The molecule has 0 fully saturated rings. The Hall–Kier alpha value is -3.32. The fraction of sp³-hybridized carbons (Fsp3) is 0.208. The zero-order valence-electron chi connectivity index (χ0n) is 17.1. The van der Waals surface area contributed by atoms with Crippen molar-refractivity contribution >= 4 is 23.0 Å². The molecule has 0 saturated carbocycles. The van der Waals surface area contributed by atoms with E-state index in [1.165, 1.54) is 12.1 Å². The topological polar surface area (TPSA) is 43.0 Å². The Kier molecular flexibility index (Phi) is 6.52. The van der Waals surface area contributed by atoms with Crippen molar-refractivity contribution in [2.75, 3.05) is 18.7 Å². The molecule has 1 N–H and O–H groups in total. The Morgan fingerprint density at radius 2 is 1.71 bits per heavy atom. The first-order valence-electron chi connectivity index (χ1n) is 10.0. The number of anilines is 1. The van der Waals surface area contributed by atoms with Crippen molar-refractivity contribution in [3.63, 3.8) is 0 Å². The van der Waals surface area contributed by atoms with Gasteiger partial charge in [-0.3, -0.25) is 0 Å². The minimum atomic E-state index is -0.266. The second-order valence-electron chi connectivity index (χ2n) is 7.03. The summed E-state index contributed by atoms with van der Waals surface area (Å²) in [5.41, 5.74) is 2.77. The number of fused-ring (bicyclic) bond motifs is 1. The number of benzene rings is 3. The van der Waals surface area contributed by atoms with Crippen LogP contribution in [0.2, 0.25) is 0 Å². The van der Waals surface area contributed by atoms with Gasteiger partial charge in [0.25, 0.3) is 0 Å². The second kappa shape index (κ2) is 9.66. The van der Waals surface area contributed by atoms with E-state index in [1.54, 1.807) is 12.1 Å². The van der Waals surface area contributed by atoms with Crippen molar-refractivity contribution in [1.82, 2.24) is 4.90 Å². The molecule has 3 aromatic carbocycles. The van der Waals surface area contributed by atoms with Gasteiger partial charge in [0.15, 0.2) is 16.6 Å². The molecule has 1 heterocycles. The van der Waals surface area contributed by atoms with Crippen LogP contribution < -0.4 is 19.5 Å². The van der Waals surface area contributed by atoms with Gasteiger partial charge in [-0.2, -0.15) is 0 Å². The lowest BCUT2D eigenvalue weighted by Crippen LogP contribution is -2.34. The summed E-state index contributed by atoms with van der Waals surface area (Å²) < 4.78 is 30.0. The highest BCUT2D eigenvalue weighted by atomic mass is 32.1. The molecule has 4 rings (SSSR count). The predicted octanol–water partition coefficient (Wildman–Crippen LogP) is 5.35. The standard InChI is InChI=1S/C24H23FN2O3S/c1-2-28-21-6-4-3-5-20(21)26-24(31)27(14-17-7-10-19(25)11-8-17)15-18-9-12-22-23(13-18)30-16-29-22/h3-13H,2,14-16H2,1H3,(H,26,31). The van der Waals surface area contributed by atoms with Gasteiger partial charge in [-0.1, -0.05) is 30.3 Å². The Morgan fingerprint density at radius 3 is 2.52 bits per heavy atom. The molecule has 0 spiro atoms. The van der Waals surface area contributed by atoms with Crippen LogP contribution in [0.1, 0.15) is 18.1 Å². The molecule has 7 heteroatoms. The van der Waals surface area contributed by atoms with E-state index >= 15 is 0 Å². The summed E-state index contributed by atoms with van der Waals surface area (Å²) in [5.74, 6) is 1.93. The van der Waals surface area contributed by atoms with Crippen LogP contribution in [-0.4, -0.2) is 23.4 Å². The van der Waals surface area contributed by atoms with Gasteiger partial charge in [0.05, 0.1) is 12.3 Å². The Morgan fingerprint density at radius 1 is 1.00 bits per heavy atom. The molecule has 5 nitrogen and oxygen atoms in total. The van der Waals surface area contributed by atoms with Crippen molar-refractivity contribution in [2.24, 2.45) is 0 Å². The average Bonchev–Trinajstić information content (AvgIpc) is 3.24. The van der Waals surface area contributed by atoms with Gasteiger partial charge in [-0.25, -0.2) is 4.39 Å². The Balaban J connectivity index is 1.56. The first kappa shape index (κ1) is 20.9. The number of rotatable bonds is 7. The Bertz CT molecular complexity index is 1060. The summed E-state index contributed by atoms with van der Waals surface area (Å²) in [6.07, 6.45) is 0. The zero-order chi connectivity index (χ0) is 21.6. The largest absolute Gasteiger partial charge is 0.492 e. The highest BCUT2D eigenvalue weighted by Crippen LogP contribution is 2.33. The van der Waals surface area contributed by atoms with Gasteiger partial charge in [0.2, 0.25) is 6.79 Å². The third kappa shape index (κ3) is 5.24. The lowest BCUT2D eigenvalue weighted by molar-refractivity contribution is 0.174. The summed E-state index contributed by atoms with van der Waals surface area (Å²) in [4.78, 5) is 2.02. The first-order valence-corrected chi connectivity index (χ1v) is 10.4. The number of para-hydroxylation sites is 2. The molecule has 0 bridgehead atoms. The zero-order valence-corrected chi connectivity index (χ0v) is 18.0. The smallest absolute Gasteiger partial charge is 0.231 e. The number of nitrogens with zero attached hydrogens (tertiary/aromatic N) is 1. The minimum Gasteiger partial charge on any atom is -0.492 e. The number of nitrogens with one attached hydrogen (secondary N) is 1. The second-order valence-corrected chi connectivity index (χ2v) is 7.42. The fourth-order valence-corrected chi connectivity index (χ4v) is 3.55. The highest BCUT2D eigenvalue weighted by molar-refractivity contribution is 7.80. The van der Waals surface area contributed by atoms with E-state index in [0.717, 1.165) is 34.1 Å². The number of thiocarbonyl (C=S) groups is 1. The molecule has 0 radical (unpaired) electrons. The molecule has 0 aromatic heterocycles. The molecule has 0 unspecified atom stereocenters. The number of ether oxygens (including phenoxy) is 3. The van der Waals surface area contributed by atoms with E-state index in [-0.39, 0.29) is 12.6 Å². The third-order valence-corrected chi connectivity index (χ3v) is 5.17. The predicted molar refractivity (Wildman–Crippen MR) is 122 cm³/mol. The highest BCUT2D eigenvalue weighted by Gasteiger charge is 2.17. The summed E-state index contributed by atoms with van der Waals surface area (Å²) in [6, 6.07) is 19.9. The van der Waals surface area contributed by atoms with Gasteiger partial charge < -0.3 is 24.4 Å². The van der Waals surface area contributed by atoms with E-state index in [1.807, 2.05) is 54.3 Å². The molecular formula is C24H23FN2O3S. The van der Waals surface area contributed by atoms with Crippen LogP contribution in [-0.2, 0) is 13.1 Å². The van der Waals surface area contributed by atoms with Crippen LogP contribution in [0.15, 0.2) is 66.7 Å². The van der Waals surface area contributed by atoms with Crippen LogP contribution in [0.25, 0.3) is 0 Å². The van der Waals surface area contributed by atoms with E-state index in [0.29, 0.717) is 24.8 Å². The monoisotopic (exact) mass is 438 g/mol. The average molecular weight is 439 g/mol. The van der Waals surface area contributed by atoms with Crippen LogP contribution in [0, 0.1) is 5.82 Å². The van der Waals surface area contributed by atoms with Gasteiger partial charge >= 0.3 is 0 Å². The first-order chi connectivity index (χ1) is 15.1. The van der Waals surface area contributed by atoms with Gasteiger partial charge in [0, 0.05) is 13.1 Å². The fourth-order valence-electron chi connectivity index (χ4n) is 3.31. The summed E-state index contributed by atoms with van der Waals surface area (Å²) in [6.45, 7) is 3.78. The lowest BCUT2D eigenvalue weighted by Gasteiger charge is -2.27. The normalized spacial score (nSPS) is 11.8. The van der Waals surface area contributed by atoms with Gasteiger partial charge in [0.1, 0.15) is 11.6 Å². The molecule has 0 aliphatic carbocycles. The molecule has 3 aromatic rings. The molecule has 0 saturated heterocycles. The summed E-state index contributed by atoms with van der Waals surface area (Å²) >= 11 is 5.75. The van der Waals surface area contributed by atoms with Crippen molar-refractivity contribution < 1.29 is 18.6 Å². The van der Waals surface area contributed by atoms with Crippen LogP contribution >= 0.6 is 12.2 Å². The van der Waals surface area contributed by atoms with Gasteiger partial charge in [-0.15, -0.1) is 0 Å². The lowest BCUT2D eigenvalue weighted by atomic mass is 10.1. The van der Waals surface area contributed by atoms with Crippen molar-refractivity contribution in [3.05, 3.63) is 83.7 Å². The van der Waals surface area contributed by atoms with Gasteiger partial charge in [-0.05, 0) is 66.7 Å².